The van der Waals surface area contributed by atoms with Crippen LogP contribution in [0.4, 0.5) is 4.79 Å². The van der Waals surface area contributed by atoms with E-state index in [4.69, 9.17) is 5.11 Å². The zero-order valence-electron chi connectivity index (χ0n) is 10.4. The maximum atomic E-state index is 12.3. The lowest BCUT2D eigenvalue weighted by molar-refractivity contribution is -0.141. The van der Waals surface area contributed by atoms with Gasteiger partial charge in [-0.15, -0.1) is 0 Å². The second-order valence-corrected chi connectivity index (χ2v) is 5.08. The van der Waals surface area contributed by atoms with Crippen molar-refractivity contribution in [2.75, 3.05) is 19.6 Å². The standard InChI is InChI=1S/C12H20N2O4/c15-9-7-10(11(16)17)14(8-9)12(18)13-5-3-1-2-4-6-13/h9-10,15H,1-8H2,(H,16,17)/t9-,10-/m1/s1. The van der Waals surface area contributed by atoms with Crippen molar-refractivity contribution in [2.45, 2.75) is 44.2 Å². The van der Waals surface area contributed by atoms with E-state index >= 15 is 0 Å². The summed E-state index contributed by atoms with van der Waals surface area (Å²) in [5.41, 5.74) is 0. The van der Waals surface area contributed by atoms with Crippen LogP contribution in [0.1, 0.15) is 32.1 Å². The highest BCUT2D eigenvalue weighted by atomic mass is 16.4. The summed E-state index contributed by atoms with van der Waals surface area (Å²) in [7, 11) is 0. The van der Waals surface area contributed by atoms with Crippen LogP contribution in [0.25, 0.3) is 0 Å². The molecule has 0 radical (unpaired) electrons. The van der Waals surface area contributed by atoms with E-state index in [9.17, 15) is 14.7 Å². The van der Waals surface area contributed by atoms with E-state index in [2.05, 4.69) is 0 Å². The lowest BCUT2D eigenvalue weighted by Crippen LogP contribution is -2.48. The minimum Gasteiger partial charge on any atom is -0.480 e. The van der Waals surface area contributed by atoms with Crippen LogP contribution in [0.3, 0.4) is 0 Å². The molecule has 2 aliphatic rings. The van der Waals surface area contributed by atoms with Crippen molar-refractivity contribution in [3.8, 4) is 0 Å². The van der Waals surface area contributed by atoms with Crippen molar-refractivity contribution in [3.63, 3.8) is 0 Å². The zero-order chi connectivity index (χ0) is 13.1. The molecule has 102 valence electrons. The van der Waals surface area contributed by atoms with E-state index < -0.39 is 18.1 Å². The molecule has 6 heteroatoms. The van der Waals surface area contributed by atoms with Gasteiger partial charge in [0, 0.05) is 26.1 Å². The van der Waals surface area contributed by atoms with E-state index in [1.165, 1.54) is 4.90 Å². The molecule has 2 atom stereocenters. The molecule has 0 unspecified atom stereocenters. The molecule has 0 aromatic carbocycles. The third kappa shape index (κ3) is 2.75. The van der Waals surface area contributed by atoms with Crippen LogP contribution in [-0.2, 0) is 4.79 Å². The molecule has 0 aromatic heterocycles. The van der Waals surface area contributed by atoms with Gasteiger partial charge < -0.3 is 20.0 Å². The monoisotopic (exact) mass is 256 g/mol. The Morgan fingerprint density at radius 3 is 2.22 bits per heavy atom. The van der Waals surface area contributed by atoms with Crippen molar-refractivity contribution in [1.82, 2.24) is 9.80 Å². The quantitative estimate of drug-likeness (QED) is 0.716. The molecule has 6 nitrogen and oxygen atoms in total. The number of amides is 2. The molecule has 0 aromatic rings. The second-order valence-electron chi connectivity index (χ2n) is 5.08. The predicted molar refractivity (Wildman–Crippen MR) is 64.2 cm³/mol. The Bertz CT molecular complexity index is 326. The topological polar surface area (TPSA) is 81.1 Å². The second kappa shape index (κ2) is 5.56. The lowest BCUT2D eigenvalue weighted by Gasteiger charge is -2.29. The van der Waals surface area contributed by atoms with E-state index in [0.29, 0.717) is 13.1 Å². The Morgan fingerprint density at radius 2 is 1.67 bits per heavy atom. The van der Waals surface area contributed by atoms with Crippen LogP contribution < -0.4 is 0 Å². The Morgan fingerprint density at radius 1 is 1.06 bits per heavy atom. The first-order valence-electron chi connectivity index (χ1n) is 6.56. The molecule has 2 fully saturated rings. The van der Waals surface area contributed by atoms with E-state index in [-0.39, 0.29) is 19.0 Å². The normalized spacial score (nSPS) is 29.2. The van der Waals surface area contributed by atoms with Gasteiger partial charge in [0.2, 0.25) is 0 Å². The summed E-state index contributed by atoms with van der Waals surface area (Å²) < 4.78 is 0. The van der Waals surface area contributed by atoms with Crippen LogP contribution in [0, 0.1) is 0 Å². The van der Waals surface area contributed by atoms with Crippen molar-refractivity contribution < 1.29 is 19.8 Å². The molecule has 0 saturated carbocycles. The SMILES string of the molecule is O=C(O)[C@H]1C[C@@H](O)CN1C(=O)N1CCCCCC1. The zero-order valence-corrected chi connectivity index (χ0v) is 10.4. The number of carboxylic acid groups (broad SMARTS) is 1. The third-order valence-corrected chi connectivity index (χ3v) is 3.69. The fraction of sp³-hybridized carbons (Fsp3) is 0.833. The van der Waals surface area contributed by atoms with Crippen LogP contribution in [0.5, 0.6) is 0 Å². The average Bonchev–Trinajstić information content (AvgIpc) is 2.56. The summed E-state index contributed by atoms with van der Waals surface area (Å²) in [6, 6.07) is -1.11. The van der Waals surface area contributed by atoms with Gasteiger partial charge in [0.05, 0.1) is 6.10 Å². The number of rotatable bonds is 1. The number of carbonyl (C=O) groups excluding carboxylic acids is 1. The van der Waals surface area contributed by atoms with Gasteiger partial charge in [0.15, 0.2) is 0 Å². The molecular formula is C12H20N2O4. The lowest BCUT2D eigenvalue weighted by atomic mass is 10.2. The number of hydrogen-bond acceptors (Lipinski definition) is 3. The minimum absolute atomic E-state index is 0.131. The fourth-order valence-electron chi connectivity index (χ4n) is 2.70. The molecule has 2 saturated heterocycles. The highest BCUT2D eigenvalue weighted by Crippen LogP contribution is 2.21. The van der Waals surface area contributed by atoms with Gasteiger partial charge in [-0.2, -0.15) is 0 Å². The van der Waals surface area contributed by atoms with Gasteiger partial charge in [0.1, 0.15) is 6.04 Å². The Hall–Kier alpha value is -1.30. The minimum atomic E-state index is -1.03. The first kappa shape index (κ1) is 13.1. The fourth-order valence-corrected chi connectivity index (χ4v) is 2.70. The number of aliphatic carboxylic acids is 1. The largest absolute Gasteiger partial charge is 0.480 e. The van der Waals surface area contributed by atoms with Crippen LogP contribution in [-0.4, -0.2) is 63.8 Å². The van der Waals surface area contributed by atoms with Gasteiger partial charge in [-0.25, -0.2) is 9.59 Å². The van der Waals surface area contributed by atoms with Crippen molar-refractivity contribution in [3.05, 3.63) is 0 Å². The molecule has 0 aliphatic carbocycles. The number of carbonyl (C=O) groups is 2. The Balaban J connectivity index is 2.04. The van der Waals surface area contributed by atoms with Crippen LogP contribution in [0.15, 0.2) is 0 Å². The summed E-state index contributed by atoms with van der Waals surface area (Å²) in [5.74, 6) is -1.03. The molecule has 18 heavy (non-hydrogen) atoms. The number of carboxylic acids is 1. The van der Waals surface area contributed by atoms with Gasteiger partial charge >= 0.3 is 12.0 Å². The number of hydrogen-bond donors (Lipinski definition) is 2. The van der Waals surface area contributed by atoms with E-state index in [0.717, 1.165) is 25.7 Å². The van der Waals surface area contributed by atoms with Gasteiger partial charge in [-0.05, 0) is 12.8 Å². The first-order valence-corrected chi connectivity index (χ1v) is 6.56. The molecule has 2 N–H and O–H groups in total. The molecule has 2 amide bonds. The third-order valence-electron chi connectivity index (χ3n) is 3.69. The van der Waals surface area contributed by atoms with E-state index in [1.54, 1.807) is 4.90 Å². The summed E-state index contributed by atoms with van der Waals surface area (Å²) in [6.07, 6.45) is 3.60. The average molecular weight is 256 g/mol. The number of β-amino-alcohol motifs (C(OH)–C–C–N with tert-alkyl or cyclic N) is 1. The summed E-state index contributed by atoms with van der Waals surface area (Å²) in [6.45, 7) is 1.52. The highest BCUT2D eigenvalue weighted by Gasteiger charge is 2.40. The van der Waals surface area contributed by atoms with E-state index in [1.807, 2.05) is 0 Å². The number of nitrogens with zero attached hydrogens (tertiary/aromatic N) is 2. The number of aliphatic hydroxyl groups is 1. The smallest absolute Gasteiger partial charge is 0.326 e. The first-order chi connectivity index (χ1) is 8.59. The van der Waals surface area contributed by atoms with Gasteiger partial charge in [-0.3, -0.25) is 0 Å². The molecule has 2 heterocycles. The molecule has 2 aliphatic heterocycles. The number of aliphatic hydroxyl groups excluding tert-OH is 1. The molecular weight excluding hydrogens is 236 g/mol. The van der Waals surface area contributed by atoms with Gasteiger partial charge in [-0.1, -0.05) is 12.8 Å². The van der Waals surface area contributed by atoms with Crippen molar-refractivity contribution in [1.29, 1.82) is 0 Å². The Kier molecular flexibility index (Phi) is 4.06. The highest BCUT2D eigenvalue weighted by molar-refractivity contribution is 5.83. The summed E-state index contributed by atoms with van der Waals surface area (Å²) >= 11 is 0. The summed E-state index contributed by atoms with van der Waals surface area (Å²) in [4.78, 5) is 26.4. The summed E-state index contributed by atoms with van der Waals surface area (Å²) in [5, 5.41) is 18.6. The van der Waals surface area contributed by atoms with Crippen molar-refractivity contribution >= 4 is 12.0 Å². The maximum Gasteiger partial charge on any atom is 0.326 e. The van der Waals surface area contributed by atoms with Crippen LogP contribution >= 0.6 is 0 Å². The number of urea groups is 1. The molecule has 0 spiro atoms. The molecule has 0 bridgehead atoms. The van der Waals surface area contributed by atoms with Crippen molar-refractivity contribution in [2.24, 2.45) is 0 Å². The Labute approximate surface area is 106 Å². The van der Waals surface area contributed by atoms with Gasteiger partial charge in [0.25, 0.3) is 0 Å². The predicted octanol–water partition coefficient (Wildman–Crippen LogP) is 0.502. The maximum absolute atomic E-state index is 12.3. The van der Waals surface area contributed by atoms with Crippen LogP contribution in [0.2, 0.25) is 0 Å². The molecule has 2 rings (SSSR count). The number of likely N-dealkylation sites (tertiary alicyclic amines) is 2.